The molecule has 29 heavy (non-hydrogen) atoms. The van der Waals surface area contributed by atoms with Crippen molar-refractivity contribution in [3.8, 4) is 5.75 Å². The summed E-state index contributed by atoms with van der Waals surface area (Å²) in [6.07, 6.45) is 0. The molecule has 0 aromatic heterocycles. The standard InChI is InChI=1S/C22H18N2O5/c1-2-28-22(25)20-18(14-7-5-8-15(12-14)24(26)27)19-16-9-4-3-6-13(16)10-11-17(19)29-21(20)23/h3-12,18H,2,23H2,1H3/t18-/m0/s1. The Labute approximate surface area is 166 Å². The molecule has 0 saturated carbocycles. The Kier molecular flexibility index (Phi) is 4.64. The van der Waals surface area contributed by atoms with Crippen LogP contribution in [0.1, 0.15) is 24.0 Å². The SMILES string of the molecule is CCOC(=O)C1=C(N)Oc2ccc3ccccc3c2[C@@H]1c1cccc([N+](=O)[O-])c1. The van der Waals surface area contributed by atoms with Gasteiger partial charge in [0.2, 0.25) is 5.88 Å². The highest BCUT2D eigenvalue weighted by atomic mass is 16.6. The number of carbonyl (C=O) groups is 1. The number of fused-ring (bicyclic) bond motifs is 3. The average molecular weight is 390 g/mol. The molecule has 3 aromatic rings. The molecule has 3 aromatic carbocycles. The lowest BCUT2D eigenvalue weighted by molar-refractivity contribution is -0.384. The molecule has 1 heterocycles. The van der Waals surface area contributed by atoms with Crippen molar-refractivity contribution in [3.63, 3.8) is 0 Å². The summed E-state index contributed by atoms with van der Waals surface area (Å²) >= 11 is 0. The lowest BCUT2D eigenvalue weighted by Gasteiger charge is -2.29. The number of nitrogens with zero attached hydrogens (tertiary/aromatic N) is 1. The van der Waals surface area contributed by atoms with Crippen molar-refractivity contribution in [3.05, 3.63) is 93.4 Å². The van der Waals surface area contributed by atoms with E-state index in [-0.39, 0.29) is 23.8 Å². The number of rotatable bonds is 4. The molecule has 1 atom stereocenters. The van der Waals surface area contributed by atoms with Crippen LogP contribution in [0, 0.1) is 10.1 Å². The molecule has 0 bridgehead atoms. The smallest absolute Gasteiger partial charge is 0.340 e. The lowest BCUT2D eigenvalue weighted by atomic mass is 9.80. The topological polar surface area (TPSA) is 105 Å². The van der Waals surface area contributed by atoms with Crippen molar-refractivity contribution in [1.82, 2.24) is 0 Å². The van der Waals surface area contributed by atoms with Crippen LogP contribution in [0.2, 0.25) is 0 Å². The van der Waals surface area contributed by atoms with E-state index in [4.69, 9.17) is 15.2 Å². The first-order valence-electron chi connectivity index (χ1n) is 9.12. The van der Waals surface area contributed by atoms with Crippen molar-refractivity contribution in [2.45, 2.75) is 12.8 Å². The van der Waals surface area contributed by atoms with Crippen molar-refractivity contribution in [2.75, 3.05) is 6.61 Å². The number of nitrogens with two attached hydrogens (primary N) is 1. The van der Waals surface area contributed by atoms with E-state index in [0.717, 1.165) is 16.3 Å². The summed E-state index contributed by atoms with van der Waals surface area (Å²) in [5, 5.41) is 13.2. The molecule has 0 saturated heterocycles. The first kappa shape index (κ1) is 18.5. The molecule has 2 N–H and O–H groups in total. The van der Waals surface area contributed by atoms with E-state index < -0.39 is 16.8 Å². The van der Waals surface area contributed by atoms with Gasteiger partial charge in [0.05, 0.1) is 17.4 Å². The van der Waals surface area contributed by atoms with Crippen LogP contribution < -0.4 is 10.5 Å². The average Bonchev–Trinajstić information content (AvgIpc) is 2.72. The summed E-state index contributed by atoms with van der Waals surface area (Å²) in [6.45, 7) is 1.86. The number of ether oxygens (including phenoxy) is 2. The minimum atomic E-state index is -0.663. The Morgan fingerprint density at radius 1 is 1.17 bits per heavy atom. The molecule has 1 aliphatic rings. The quantitative estimate of drug-likeness (QED) is 0.410. The maximum absolute atomic E-state index is 12.8. The first-order valence-corrected chi connectivity index (χ1v) is 9.12. The summed E-state index contributed by atoms with van der Waals surface area (Å²) in [5.41, 5.74) is 7.47. The number of benzene rings is 3. The van der Waals surface area contributed by atoms with Gasteiger partial charge >= 0.3 is 5.97 Å². The highest BCUT2D eigenvalue weighted by Crippen LogP contribution is 2.46. The minimum Gasteiger partial charge on any atom is -0.462 e. The molecular weight excluding hydrogens is 372 g/mol. The van der Waals surface area contributed by atoms with E-state index in [0.29, 0.717) is 11.3 Å². The third kappa shape index (κ3) is 3.16. The second kappa shape index (κ2) is 7.27. The number of non-ortho nitro benzene ring substituents is 1. The summed E-state index contributed by atoms with van der Waals surface area (Å²) in [7, 11) is 0. The van der Waals surface area contributed by atoms with E-state index in [1.807, 2.05) is 30.3 Å². The van der Waals surface area contributed by atoms with Crippen LogP contribution in [0.15, 0.2) is 72.1 Å². The maximum Gasteiger partial charge on any atom is 0.340 e. The Morgan fingerprint density at radius 2 is 1.97 bits per heavy atom. The maximum atomic E-state index is 12.8. The molecule has 7 nitrogen and oxygen atoms in total. The van der Waals surface area contributed by atoms with Gasteiger partial charge in [-0.25, -0.2) is 4.79 Å². The van der Waals surface area contributed by atoms with Crippen molar-refractivity contribution < 1.29 is 19.2 Å². The third-order valence-electron chi connectivity index (χ3n) is 4.90. The third-order valence-corrected chi connectivity index (χ3v) is 4.90. The monoisotopic (exact) mass is 390 g/mol. The van der Waals surface area contributed by atoms with Gasteiger partial charge in [-0.2, -0.15) is 0 Å². The Morgan fingerprint density at radius 3 is 2.72 bits per heavy atom. The molecule has 146 valence electrons. The fourth-order valence-corrected chi connectivity index (χ4v) is 3.70. The molecule has 4 rings (SSSR count). The molecule has 0 aliphatic carbocycles. The Balaban J connectivity index is 2.02. The van der Waals surface area contributed by atoms with Crippen LogP contribution in [0.25, 0.3) is 10.8 Å². The van der Waals surface area contributed by atoms with Gasteiger partial charge in [-0.1, -0.05) is 42.5 Å². The summed E-state index contributed by atoms with van der Waals surface area (Å²) in [6, 6.07) is 17.6. The number of esters is 1. The molecule has 7 heteroatoms. The van der Waals surface area contributed by atoms with Gasteiger partial charge in [0.15, 0.2) is 0 Å². The fraction of sp³-hybridized carbons (Fsp3) is 0.136. The second-order valence-corrected chi connectivity index (χ2v) is 6.58. The van der Waals surface area contributed by atoms with Gasteiger partial charge in [-0.15, -0.1) is 0 Å². The largest absolute Gasteiger partial charge is 0.462 e. The molecule has 0 fully saturated rings. The predicted octanol–water partition coefficient (Wildman–Crippen LogP) is 4.01. The number of nitro benzene ring substituents is 1. The highest BCUT2D eigenvalue weighted by Gasteiger charge is 2.37. The van der Waals surface area contributed by atoms with E-state index >= 15 is 0 Å². The molecule has 0 spiro atoms. The number of carbonyl (C=O) groups excluding carboxylic acids is 1. The van der Waals surface area contributed by atoms with E-state index in [9.17, 15) is 14.9 Å². The second-order valence-electron chi connectivity index (χ2n) is 6.58. The molecule has 1 aliphatic heterocycles. The van der Waals surface area contributed by atoms with Crippen molar-refractivity contribution in [2.24, 2.45) is 5.73 Å². The molecule has 0 amide bonds. The summed E-state index contributed by atoms with van der Waals surface area (Å²) in [5.74, 6) is -0.836. The highest BCUT2D eigenvalue weighted by molar-refractivity contribution is 5.97. The summed E-state index contributed by atoms with van der Waals surface area (Å²) in [4.78, 5) is 23.6. The van der Waals surface area contributed by atoms with Crippen LogP contribution in [0.3, 0.4) is 0 Å². The Bertz CT molecular complexity index is 1170. The predicted molar refractivity (Wildman–Crippen MR) is 107 cm³/mol. The van der Waals surface area contributed by atoms with E-state index in [1.54, 1.807) is 25.1 Å². The number of hydrogen-bond donors (Lipinski definition) is 1. The normalized spacial score (nSPS) is 15.6. The van der Waals surface area contributed by atoms with Crippen molar-refractivity contribution >= 4 is 22.4 Å². The van der Waals surface area contributed by atoms with Gasteiger partial charge in [0.25, 0.3) is 5.69 Å². The van der Waals surface area contributed by atoms with Gasteiger partial charge in [0, 0.05) is 17.7 Å². The molecular formula is C22H18N2O5. The van der Waals surface area contributed by atoms with Gasteiger partial charge in [0.1, 0.15) is 11.3 Å². The van der Waals surface area contributed by atoms with Gasteiger partial charge in [-0.05, 0) is 29.3 Å². The zero-order valence-corrected chi connectivity index (χ0v) is 15.6. The Hall–Kier alpha value is -3.87. The van der Waals surface area contributed by atoms with E-state index in [2.05, 4.69) is 0 Å². The summed E-state index contributed by atoms with van der Waals surface area (Å²) < 4.78 is 11.0. The molecule has 0 radical (unpaired) electrons. The number of nitro groups is 1. The van der Waals surface area contributed by atoms with Crippen LogP contribution in [-0.4, -0.2) is 17.5 Å². The van der Waals surface area contributed by atoms with E-state index in [1.165, 1.54) is 12.1 Å². The van der Waals surface area contributed by atoms with Gasteiger partial charge < -0.3 is 15.2 Å². The molecule has 0 unspecified atom stereocenters. The van der Waals surface area contributed by atoms with Crippen LogP contribution in [0.5, 0.6) is 5.75 Å². The van der Waals surface area contributed by atoms with Crippen molar-refractivity contribution in [1.29, 1.82) is 0 Å². The van der Waals surface area contributed by atoms with Crippen LogP contribution >= 0.6 is 0 Å². The number of hydrogen-bond acceptors (Lipinski definition) is 6. The zero-order chi connectivity index (χ0) is 20.5. The zero-order valence-electron chi connectivity index (χ0n) is 15.6. The first-order chi connectivity index (χ1) is 14.0. The fourth-order valence-electron chi connectivity index (χ4n) is 3.70. The van der Waals surface area contributed by atoms with Crippen LogP contribution in [-0.2, 0) is 9.53 Å². The van der Waals surface area contributed by atoms with Crippen LogP contribution in [0.4, 0.5) is 5.69 Å². The van der Waals surface area contributed by atoms with Gasteiger partial charge in [-0.3, -0.25) is 10.1 Å². The lowest BCUT2D eigenvalue weighted by Crippen LogP contribution is -2.27. The minimum absolute atomic E-state index is 0.0669.